The van der Waals surface area contributed by atoms with E-state index in [0.717, 1.165) is 0 Å². The van der Waals surface area contributed by atoms with Gasteiger partial charge in [0.2, 0.25) is 0 Å². The summed E-state index contributed by atoms with van der Waals surface area (Å²) in [4.78, 5) is 8.95. The van der Waals surface area contributed by atoms with Gasteiger partial charge in [0.1, 0.15) is 0 Å². The van der Waals surface area contributed by atoms with Crippen LogP contribution in [-0.4, -0.2) is 66.4 Å². The first-order valence-corrected chi connectivity index (χ1v) is 1.15. The third-order valence-electron chi connectivity index (χ3n) is 0.187. The molecule has 0 saturated carbocycles. The zero-order valence-corrected chi connectivity index (χ0v) is 7.84. The van der Waals surface area contributed by atoms with Crippen LogP contribution in [0.3, 0.4) is 0 Å². The summed E-state index contributed by atoms with van der Waals surface area (Å²) in [5.74, 6) is -2.07. The van der Waals surface area contributed by atoms with E-state index in [1.54, 1.807) is 0 Å². The second-order valence-corrected chi connectivity index (χ2v) is 0.639. The van der Waals surface area contributed by atoms with Gasteiger partial charge in [-0.3, -0.25) is 0 Å². The largest absolute Gasteiger partial charge is 2.00 e. The number of carboxylic acid groups (broad SMARTS) is 1. The van der Waals surface area contributed by atoms with Crippen molar-refractivity contribution < 1.29 is 21.5 Å². The van der Waals surface area contributed by atoms with Gasteiger partial charge in [0, 0.05) is 0 Å². The van der Waals surface area contributed by atoms with E-state index in [9.17, 15) is 8.78 Å². The van der Waals surface area contributed by atoms with Crippen LogP contribution in [0.2, 0.25) is 0 Å². The van der Waals surface area contributed by atoms with E-state index >= 15 is 0 Å². The van der Waals surface area contributed by atoms with Gasteiger partial charge in [0.25, 0.3) is 0 Å². The predicted molar refractivity (Wildman–Crippen MR) is 21.6 cm³/mol. The smallest absolute Gasteiger partial charge is 1.00 e. The molecule has 1 N–H and O–H groups in total. The predicted octanol–water partition coefficient (Wildman–Crippen LogP) is 0.180. The zero-order valence-electron chi connectivity index (χ0n) is 5.40. The molecule has 0 rings (SSSR count). The first kappa shape index (κ1) is 10.8. The Labute approximate surface area is 81.9 Å². The van der Waals surface area contributed by atoms with Gasteiger partial charge >= 0.3 is 61.3 Å². The molecule has 0 fully saturated rings. The molecule has 0 heterocycles. The summed E-state index contributed by atoms with van der Waals surface area (Å²) >= 11 is 0. The number of alkyl halides is 2. The standard InChI is InChI=1S/C2H2F2O2.Ba.2H/c3-1(4)2(5)6;;;/h1H,(H,5,6);;;/q;+2;2*-1. The van der Waals surface area contributed by atoms with Crippen molar-refractivity contribution in [1.29, 1.82) is 0 Å². The SMILES string of the molecule is O=C(O)C(F)F.[Ba+2].[H-].[H-]. The van der Waals surface area contributed by atoms with Crippen molar-refractivity contribution in [2.24, 2.45) is 0 Å². The van der Waals surface area contributed by atoms with Gasteiger partial charge < -0.3 is 7.96 Å². The summed E-state index contributed by atoms with van der Waals surface area (Å²) in [7, 11) is 0. The molecule has 0 aliphatic rings. The normalized spacial score (nSPS) is 7.86. The molecule has 0 unspecified atom stereocenters. The Balaban J connectivity index is -0.0000000417. The Hall–Kier alpha value is 0.901. The molecule has 40 valence electrons. The maximum absolute atomic E-state index is 10.6. The quantitative estimate of drug-likeness (QED) is 0.658. The number of carbonyl (C=O) groups is 1. The van der Waals surface area contributed by atoms with E-state index in [-0.39, 0.29) is 51.7 Å². The molecule has 7 heavy (non-hydrogen) atoms. The summed E-state index contributed by atoms with van der Waals surface area (Å²) < 4.78 is 21.1. The molecule has 0 bridgehead atoms. The molecule has 0 amide bonds. The summed E-state index contributed by atoms with van der Waals surface area (Å²) in [5, 5.41) is 7.24. The Bertz CT molecular complexity index is 71.6. The molecule has 2 nitrogen and oxygen atoms in total. The van der Waals surface area contributed by atoms with Gasteiger partial charge in [-0.15, -0.1) is 0 Å². The number of halogens is 2. The first-order chi connectivity index (χ1) is 2.64. The second kappa shape index (κ2) is 5.05. The van der Waals surface area contributed by atoms with Crippen molar-refractivity contribution in [1.82, 2.24) is 0 Å². The van der Waals surface area contributed by atoms with Crippen molar-refractivity contribution in [2.45, 2.75) is 6.43 Å². The van der Waals surface area contributed by atoms with Crippen molar-refractivity contribution in [3.05, 3.63) is 0 Å². The fourth-order valence-electron chi connectivity index (χ4n) is 0. The third kappa shape index (κ3) is 6.90. The molecule has 0 aromatic carbocycles. The number of rotatable bonds is 1. The minimum atomic E-state index is -3.23. The summed E-state index contributed by atoms with van der Waals surface area (Å²) in [6.45, 7) is 0. The van der Waals surface area contributed by atoms with Crippen LogP contribution in [0.5, 0.6) is 0 Å². The fraction of sp³-hybridized carbons (Fsp3) is 0.500. The summed E-state index contributed by atoms with van der Waals surface area (Å²) in [6.07, 6.45) is -3.23. The minimum Gasteiger partial charge on any atom is -1.00 e. The second-order valence-electron chi connectivity index (χ2n) is 0.639. The van der Waals surface area contributed by atoms with E-state index in [1.165, 1.54) is 0 Å². The van der Waals surface area contributed by atoms with Gasteiger partial charge in [-0.25, -0.2) is 4.79 Å². The van der Waals surface area contributed by atoms with Crippen LogP contribution in [0.1, 0.15) is 2.85 Å². The van der Waals surface area contributed by atoms with E-state index in [2.05, 4.69) is 0 Å². The van der Waals surface area contributed by atoms with Crippen molar-refractivity contribution >= 4 is 54.9 Å². The number of aliphatic carboxylic acids is 1. The van der Waals surface area contributed by atoms with E-state index < -0.39 is 12.4 Å². The average Bonchev–Trinajstić information content (AvgIpc) is 1.36. The van der Waals surface area contributed by atoms with Crippen LogP contribution in [0.4, 0.5) is 8.78 Å². The zero-order chi connectivity index (χ0) is 5.15. The average molecular weight is 235 g/mol. The molecule has 0 spiro atoms. The Morgan fingerprint density at radius 3 is 1.86 bits per heavy atom. The van der Waals surface area contributed by atoms with Crippen LogP contribution < -0.4 is 0 Å². The molecule has 0 radical (unpaired) electrons. The van der Waals surface area contributed by atoms with Gasteiger partial charge in [0.05, 0.1) is 0 Å². The molecular formula is C2H4BaF2O2. The van der Waals surface area contributed by atoms with Crippen LogP contribution in [-0.2, 0) is 4.79 Å². The van der Waals surface area contributed by atoms with Crippen LogP contribution in [0.15, 0.2) is 0 Å². The third-order valence-corrected chi connectivity index (χ3v) is 0.187. The van der Waals surface area contributed by atoms with E-state index in [1.807, 2.05) is 0 Å². The fourth-order valence-corrected chi connectivity index (χ4v) is 0. The Kier molecular flexibility index (Phi) is 7.79. The minimum absolute atomic E-state index is 0. The van der Waals surface area contributed by atoms with Gasteiger partial charge in [-0.2, -0.15) is 8.78 Å². The molecular weight excluding hydrogens is 231 g/mol. The van der Waals surface area contributed by atoms with Crippen LogP contribution >= 0.6 is 0 Å². The summed E-state index contributed by atoms with van der Waals surface area (Å²) in [5.41, 5.74) is 0. The van der Waals surface area contributed by atoms with E-state index in [4.69, 9.17) is 9.90 Å². The number of carboxylic acids is 1. The van der Waals surface area contributed by atoms with Crippen molar-refractivity contribution in [3.63, 3.8) is 0 Å². The van der Waals surface area contributed by atoms with Gasteiger partial charge in [-0.1, -0.05) is 0 Å². The topological polar surface area (TPSA) is 37.3 Å². The van der Waals surface area contributed by atoms with Crippen LogP contribution in [0, 0.1) is 0 Å². The molecule has 0 saturated heterocycles. The Morgan fingerprint density at radius 2 is 1.86 bits per heavy atom. The molecule has 0 aliphatic carbocycles. The van der Waals surface area contributed by atoms with E-state index in [0.29, 0.717) is 0 Å². The molecule has 5 heteroatoms. The molecule has 0 aliphatic heterocycles. The van der Waals surface area contributed by atoms with Crippen molar-refractivity contribution in [2.75, 3.05) is 0 Å². The summed E-state index contributed by atoms with van der Waals surface area (Å²) in [6, 6.07) is 0. The van der Waals surface area contributed by atoms with Crippen LogP contribution in [0.25, 0.3) is 0 Å². The monoisotopic (exact) mass is 236 g/mol. The maximum Gasteiger partial charge on any atom is 2.00 e. The van der Waals surface area contributed by atoms with Crippen molar-refractivity contribution in [3.8, 4) is 0 Å². The number of hydrogen-bond donors (Lipinski definition) is 1. The molecule has 0 aromatic rings. The Morgan fingerprint density at radius 1 is 1.71 bits per heavy atom. The first-order valence-electron chi connectivity index (χ1n) is 1.15. The molecule has 0 atom stereocenters. The van der Waals surface area contributed by atoms with Gasteiger partial charge in [0.15, 0.2) is 0 Å². The van der Waals surface area contributed by atoms with Gasteiger partial charge in [-0.05, 0) is 0 Å². The maximum atomic E-state index is 10.6. The molecule has 0 aromatic heterocycles. The number of hydrogen-bond acceptors (Lipinski definition) is 1.